The molecule has 20 heavy (non-hydrogen) atoms. The van der Waals surface area contributed by atoms with Crippen LogP contribution >= 0.6 is 12.2 Å². The minimum absolute atomic E-state index is 0.0163. The summed E-state index contributed by atoms with van der Waals surface area (Å²) in [6, 6.07) is 3.87. The Bertz CT molecular complexity index is 494. The first-order chi connectivity index (χ1) is 9.49. The van der Waals surface area contributed by atoms with Crippen LogP contribution in [-0.4, -0.2) is 33.4 Å². The zero-order valence-corrected chi connectivity index (χ0v) is 12.8. The largest absolute Gasteiger partial charge is 0.389 e. The summed E-state index contributed by atoms with van der Waals surface area (Å²) in [4.78, 5) is 19.0. The Morgan fingerprint density at radius 1 is 1.50 bits per heavy atom. The fourth-order valence-corrected chi connectivity index (χ4v) is 2.17. The van der Waals surface area contributed by atoms with Gasteiger partial charge in [0.1, 0.15) is 10.7 Å². The van der Waals surface area contributed by atoms with Gasteiger partial charge in [-0.1, -0.05) is 26.1 Å². The first kappa shape index (κ1) is 14.9. The van der Waals surface area contributed by atoms with Crippen molar-refractivity contribution < 1.29 is 4.79 Å². The molecule has 0 radical (unpaired) electrons. The van der Waals surface area contributed by atoms with E-state index < -0.39 is 0 Å². The summed E-state index contributed by atoms with van der Waals surface area (Å²) in [5, 5.41) is 0. The van der Waals surface area contributed by atoms with Gasteiger partial charge in [0, 0.05) is 24.3 Å². The third-order valence-electron chi connectivity index (χ3n) is 3.46. The van der Waals surface area contributed by atoms with Gasteiger partial charge in [-0.2, -0.15) is 0 Å². The Labute approximate surface area is 125 Å². The first-order valence-electron chi connectivity index (χ1n) is 7.06. The number of nitrogens with two attached hydrogens (primary N) is 1. The summed E-state index contributed by atoms with van der Waals surface area (Å²) in [5.41, 5.74) is 6.70. The second kappa shape index (κ2) is 6.31. The van der Waals surface area contributed by atoms with E-state index >= 15 is 0 Å². The van der Waals surface area contributed by atoms with Crippen molar-refractivity contribution in [3.05, 3.63) is 29.6 Å². The molecule has 0 aromatic carbocycles. The second-order valence-corrected chi connectivity index (χ2v) is 6.15. The van der Waals surface area contributed by atoms with E-state index in [0.29, 0.717) is 28.2 Å². The van der Waals surface area contributed by atoms with Crippen LogP contribution in [0.3, 0.4) is 0 Å². The molecule has 1 fully saturated rings. The summed E-state index contributed by atoms with van der Waals surface area (Å²) >= 11 is 4.89. The molecule has 1 heterocycles. The molecular weight excluding hydrogens is 270 g/mol. The molecule has 0 atom stereocenters. The van der Waals surface area contributed by atoms with E-state index in [1.54, 1.807) is 18.3 Å². The predicted molar refractivity (Wildman–Crippen MR) is 83.6 cm³/mol. The van der Waals surface area contributed by atoms with Gasteiger partial charge in [-0.15, -0.1) is 0 Å². The van der Waals surface area contributed by atoms with Crippen molar-refractivity contribution in [2.24, 2.45) is 11.7 Å². The average molecular weight is 291 g/mol. The number of hydrogen-bond acceptors (Lipinski definition) is 3. The maximum atomic E-state index is 12.5. The maximum Gasteiger partial charge on any atom is 0.272 e. The van der Waals surface area contributed by atoms with Gasteiger partial charge < -0.3 is 10.6 Å². The molecule has 1 aromatic heterocycles. The smallest absolute Gasteiger partial charge is 0.272 e. The van der Waals surface area contributed by atoms with Gasteiger partial charge in [0.05, 0.1) is 0 Å². The monoisotopic (exact) mass is 291 g/mol. The van der Waals surface area contributed by atoms with Gasteiger partial charge in [-0.25, -0.2) is 0 Å². The molecule has 108 valence electrons. The minimum atomic E-state index is 0.0163. The lowest BCUT2D eigenvalue weighted by atomic mass is 10.1. The molecule has 1 saturated carbocycles. The highest BCUT2D eigenvalue weighted by Crippen LogP contribution is 2.28. The fraction of sp³-hybridized carbons (Fsp3) is 0.533. The van der Waals surface area contributed by atoms with Gasteiger partial charge in [-0.05, 0) is 37.3 Å². The normalized spacial score (nSPS) is 14.3. The predicted octanol–water partition coefficient (Wildman–Crippen LogP) is 2.37. The molecule has 5 heteroatoms. The number of pyridine rings is 1. The number of thiocarbonyl (C=S) groups is 1. The molecule has 0 aliphatic heterocycles. The van der Waals surface area contributed by atoms with Crippen LogP contribution in [-0.2, 0) is 0 Å². The van der Waals surface area contributed by atoms with Crippen molar-refractivity contribution >= 4 is 23.1 Å². The van der Waals surface area contributed by atoms with E-state index in [-0.39, 0.29) is 5.91 Å². The number of carbonyl (C=O) groups excluding carboxylic acids is 1. The van der Waals surface area contributed by atoms with Crippen molar-refractivity contribution in [3.8, 4) is 0 Å². The zero-order valence-electron chi connectivity index (χ0n) is 12.0. The molecule has 2 N–H and O–H groups in total. The Kier molecular flexibility index (Phi) is 4.70. The number of amides is 1. The number of rotatable bonds is 6. The number of nitrogens with zero attached hydrogens (tertiary/aromatic N) is 2. The standard InChI is InChI=1S/C15H21N3OS/c1-10(2)7-8-18(12-4-5-12)15(19)13-6-3-11(9-17-13)14(16)20/h3,6,9-10,12H,4-5,7-8H2,1-2H3,(H2,16,20). The lowest BCUT2D eigenvalue weighted by Gasteiger charge is -2.23. The topological polar surface area (TPSA) is 59.2 Å². The summed E-state index contributed by atoms with van der Waals surface area (Å²) < 4.78 is 0. The zero-order chi connectivity index (χ0) is 14.7. The lowest BCUT2D eigenvalue weighted by Crippen LogP contribution is -2.35. The molecule has 1 amide bonds. The molecule has 0 saturated heterocycles. The van der Waals surface area contributed by atoms with Crippen LogP contribution in [0.2, 0.25) is 0 Å². The van der Waals surface area contributed by atoms with E-state index in [1.165, 1.54) is 0 Å². The average Bonchev–Trinajstić information content (AvgIpc) is 3.23. The number of hydrogen-bond donors (Lipinski definition) is 1. The minimum Gasteiger partial charge on any atom is -0.389 e. The Balaban J connectivity index is 2.08. The van der Waals surface area contributed by atoms with Crippen LogP contribution in [0.1, 0.15) is 49.2 Å². The van der Waals surface area contributed by atoms with E-state index in [1.807, 2.05) is 4.90 Å². The Morgan fingerprint density at radius 3 is 2.65 bits per heavy atom. The molecule has 2 rings (SSSR count). The Morgan fingerprint density at radius 2 is 2.20 bits per heavy atom. The molecule has 1 aliphatic carbocycles. The van der Waals surface area contributed by atoms with Crippen LogP contribution in [0, 0.1) is 5.92 Å². The summed E-state index contributed by atoms with van der Waals surface area (Å²) in [6.07, 6.45) is 4.81. The molecule has 1 aromatic rings. The highest BCUT2D eigenvalue weighted by molar-refractivity contribution is 7.80. The summed E-state index contributed by atoms with van der Waals surface area (Å²) in [6.45, 7) is 5.15. The van der Waals surface area contributed by atoms with Gasteiger partial charge in [0.2, 0.25) is 0 Å². The van der Waals surface area contributed by atoms with E-state index in [2.05, 4.69) is 18.8 Å². The lowest BCUT2D eigenvalue weighted by molar-refractivity contribution is 0.0729. The summed E-state index contributed by atoms with van der Waals surface area (Å²) in [5.74, 6) is 0.608. The number of aromatic nitrogens is 1. The van der Waals surface area contributed by atoms with Crippen LogP contribution in [0.25, 0.3) is 0 Å². The fourth-order valence-electron chi connectivity index (χ4n) is 2.05. The summed E-state index contributed by atoms with van der Waals surface area (Å²) in [7, 11) is 0. The van der Waals surface area contributed by atoms with Crippen molar-refractivity contribution in [2.75, 3.05) is 6.54 Å². The SMILES string of the molecule is CC(C)CCN(C(=O)c1ccc(C(N)=S)cn1)C1CC1. The number of carbonyl (C=O) groups is 1. The molecule has 0 spiro atoms. The second-order valence-electron chi connectivity index (χ2n) is 5.71. The molecule has 4 nitrogen and oxygen atoms in total. The Hall–Kier alpha value is -1.49. The van der Waals surface area contributed by atoms with Crippen molar-refractivity contribution in [1.29, 1.82) is 0 Å². The van der Waals surface area contributed by atoms with E-state index in [0.717, 1.165) is 25.8 Å². The van der Waals surface area contributed by atoms with Crippen LogP contribution in [0.4, 0.5) is 0 Å². The van der Waals surface area contributed by atoms with Crippen LogP contribution in [0.15, 0.2) is 18.3 Å². The molecule has 0 unspecified atom stereocenters. The van der Waals surface area contributed by atoms with Gasteiger partial charge in [0.15, 0.2) is 0 Å². The van der Waals surface area contributed by atoms with E-state index in [4.69, 9.17) is 18.0 Å². The molecular formula is C15H21N3OS. The van der Waals surface area contributed by atoms with Crippen molar-refractivity contribution in [3.63, 3.8) is 0 Å². The van der Waals surface area contributed by atoms with Crippen LogP contribution in [0.5, 0.6) is 0 Å². The van der Waals surface area contributed by atoms with Crippen molar-refractivity contribution in [2.45, 2.75) is 39.2 Å². The third kappa shape index (κ3) is 3.76. The highest BCUT2D eigenvalue weighted by Gasteiger charge is 2.33. The third-order valence-corrected chi connectivity index (χ3v) is 3.70. The van der Waals surface area contributed by atoms with Gasteiger partial charge in [0.25, 0.3) is 5.91 Å². The van der Waals surface area contributed by atoms with E-state index in [9.17, 15) is 4.79 Å². The van der Waals surface area contributed by atoms with Crippen molar-refractivity contribution in [1.82, 2.24) is 9.88 Å². The van der Waals surface area contributed by atoms with Gasteiger partial charge >= 0.3 is 0 Å². The van der Waals surface area contributed by atoms with Crippen LogP contribution < -0.4 is 5.73 Å². The molecule has 0 bridgehead atoms. The quantitative estimate of drug-likeness (QED) is 0.817. The molecule has 1 aliphatic rings. The van der Waals surface area contributed by atoms with Gasteiger partial charge in [-0.3, -0.25) is 9.78 Å². The maximum absolute atomic E-state index is 12.5. The highest BCUT2D eigenvalue weighted by atomic mass is 32.1. The first-order valence-corrected chi connectivity index (χ1v) is 7.46.